The maximum absolute atomic E-state index is 9.49. The van der Waals surface area contributed by atoms with Gasteiger partial charge < -0.3 is 146 Å². The highest BCUT2D eigenvalue weighted by Gasteiger charge is 2.29. The first-order valence-corrected chi connectivity index (χ1v) is 25.4. The molecule has 0 saturated carbocycles. The molecule has 0 fully saturated rings. The first kappa shape index (κ1) is 83.5. The molecule has 27 nitrogen and oxygen atoms in total. The van der Waals surface area contributed by atoms with Gasteiger partial charge in [-0.1, -0.05) is 83.1 Å². The predicted octanol–water partition coefficient (Wildman–Crippen LogP) is -4.83. The summed E-state index contributed by atoms with van der Waals surface area (Å²) < 4.78 is 0. The van der Waals surface area contributed by atoms with E-state index in [2.05, 4.69) is 0 Å². The van der Waals surface area contributed by atoms with Crippen molar-refractivity contribution >= 4 is 34.3 Å². The molecule has 0 aliphatic rings. The average Bonchev–Trinajstić information content (AvgIpc) is 3.37. The van der Waals surface area contributed by atoms with Crippen molar-refractivity contribution in [3.8, 4) is 0 Å². The lowest BCUT2D eigenvalue weighted by Crippen LogP contribution is -2.51. The molecule has 0 radical (unpaired) electrons. The molecule has 27 heteroatoms. The van der Waals surface area contributed by atoms with Gasteiger partial charge >= 0.3 is 0 Å². The molecule has 0 aromatic carbocycles. The molecule has 0 heterocycles. The van der Waals surface area contributed by atoms with Gasteiger partial charge in [-0.25, -0.2) is 0 Å². The zero-order valence-corrected chi connectivity index (χ0v) is 47.2. The van der Waals surface area contributed by atoms with Crippen molar-refractivity contribution in [1.29, 1.82) is 32.5 Å². The molecule has 0 aliphatic carbocycles. The normalized spacial score (nSPS) is 17.3. The van der Waals surface area contributed by atoms with E-state index >= 15 is 0 Å². The molecule has 0 aromatic rings. The quantitative estimate of drug-likeness (QED) is 0.0300. The van der Waals surface area contributed by atoms with E-state index in [1.165, 1.54) is 0 Å². The zero-order valence-electron chi connectivity index (χ0n) is 47.2. The van der Waals surface area contributed by atoms with Crippen LogP contribution in [0.4, 0.5) is 0 Å². The minimum Gasteiger partial charge on any atom is -0.396 e. The molecule has 0 bridgehead atoms. The highest BCUT2D eigenvalue weighted by Crippen LogP contribution is 2.10. The molecule has 0 saturated heterocycles. The third kappa shape index (κ3) is 37.6. The van der Waals surface area contributed by atoms with Crippen LogP contribution in [0.3, 0.4) is 0 Å². The summed E-state index contributed by atoms with van der Waals surface area (Å²) in [6.07, 6.45) is -8.04. The molecule has 15 atom stereocenters. The van der Waals surface area contributed by atoms with E-state index in [9.17, 15) is 40.9 Å². The van der Waals surface area contributed by atoms with Gasteiger partial charge in [0.2, 0.25) is 0 Å². The van der Waals surface area contributed by atoms with E-state index in [-0.39, 0.29) is 89.8 Å². The number of aliphatic hydroxyl groups excluding tert-OH is 11. The van der Waals surface area contributed by atoms with Crippen LogP contribution in [0.5, 0.6) is 0 Å². The molecule has 75 heavy (non-hydrogen) atoms. The SMILES string of the molecule is CC(C)C(=N)[C@@H](O)C(N)C(O)CN.CC(C)C(=N)[C@@H](O)C(N)C(O)CO.CC(C)C(=N)[C@@H](O)C(N)CCN.CC(C)C(=N)[C@@H](O)C(N)CCO.CC(C)C(=N)[C@@H](O)C(O)C(N)CN.CC(C)C(=N)[C@@H](O)CC(N)CN. The maximum Gasteiger partial charge on any atom is 0.119 e. The first-order valence-electron chi connectivity index (χ1n) is 25.4. The highest BCUT2D eigenvalue weighted by molar-refractivity contribution is 5.90. The van der Waals surface area contributed by atoms with E-state index < -0.39 is 91.8 Å². The largest absolute Gasteiger partial charge is 0.396 e. The van der Waals surface area contributed by atoms with Gasteiger partial charge in [-0.05, 0) is 61.3 Å². The van der Waals surface area contributed by atoms with Gasteiger partial charge in [0, 0.05) is 84.7 Å². The van der Waals surface area contributed by atoms with Crippen molar-refractivity contribution in [1.82, 2.24) is 0 Å². The van der Waals surface area contributed by atoms with E-state index in [1.807, 2.05) is 41.5 Å². The van der Waals surface area contributed by atoms with Crippen LogP contribution in [0, 0.1) is 68.0 Å². The van der Waals surface area contributed by atoms with Crippen LogP contribution in [-0.4, -0.2) is 221 Å². The molecule has 0 spiro atoms. The lowest BCUT2D eigenvalue weighted by molar-refractivity contribution is 0.0402. The van der Waals surface area contributed by atoms with Crippen LogP contribution in [0.15, 0.2) is 0 Å². The summed E-state index contributed by atoms with van der Waals surface area (Å²) in [4.78, 5) is 0. The Bertz CT molecular complexity index is 1400. The smallest absolute Gasteiger partial charge is 0.119 e. The molecule has 0 rings (SSSR count). The molecular weight excluding hydrogens is 977 g/mol. The molecule has 9 unspecified atom stereocenters. The van der Waals surface area contributed by atoms with E-state index in [4.69, 9.17) is 105 Å². The van der Waals surface area contributed by atoms with Crippen molar-refractivity contribution in [3.63, 3.8) is 0 Å². The first-order chi connectivity index (χ1) is 34.2. The second-order valence-corrected chi connectivity index (χ2v) is 20.1. The monoisotopic (exact) mass is 1090 g/mol. The number of hydrogen-bond acceptors (Lipinski definition) is 27. The van der Waals surface area contributed by atoms with Crippen molar-refractivity contribution in [2.45, 2.75) is 194 Å². The highest BCUT2D eigenvalue weighted by atomic mass is 16.3. The number of nitrogens with one attached hydrogen (secondary N) is 6. The van der Waals surface area contributed by atoms with Gasteiger partial charge in [0.25, 0.3) is 0 Å². The Labute approximate surface area is 447 Å². The third-order valence-electron chi connectivity index (χ3n) is 11.4. The lowest BCUT2D eigenvalue weighted by atomic mass is 9.95. The van der Waals surface area contributed by atoms with Crippen LogP contribution in [0.25, 0.3) is 0 Å². The zero-order chi connectivity index (χ0) is 61.0. The van der Waals surface area contributed by atoms with Gasteiger partial charge in [0.05, 0.1) is 37.0 Å². The second kappa shape index (κ2) is 46.1. The molecule has 0 amide bonds. The Kier molecular flexibility index (Phi) is 51.4. The predicted molar refractivity (Wildman–Crippen MR) is 302 cm³/mol. The minimum absolute atomic E-state index is 0.00439. The fourth-order valence-electron chi connectivity index (χ4n) is 5.39. The Morgan fingerprint density at radius 2 is 0.680 bits per heavy atom. The minimum atomic E-state index is -1.21. The fraction of sp³-hybridized carbons (Fsp3) is 0.875. The van der Waals surface area contributed by atoms with Gasteiger partial charge in [0.15, 0.2) is 0 Å². The topological polar surface area (TPSA) is 626 Å². The molecular formula is C48H112N16O11. The Morgan fingerprint density at radius 3 is 0.947 bits per heavy atom. The van der Waals surface area contributed by atoms with Crippen molar-refractivity contribution in [2.75, 3.05) is 39.4 Å². The summed E-state index contributed by atoms with van der Waals surface area (Å²) in [5, 5.41) is 146. The summed E-state index contributed by atoms with van der Waals surface area (Å²) in [6.45, 7) is 22.1. The van der Waals surface area contributed by atoms with Crippen LogP contribution >= 0.6 is 0 Å². The number of hydrogen-bond donors (Lipinski definition) is 27. The van der Waals surface area contributed by atoms with Crippen LogP contribution in [0.2, 0.25) is 0 Å². The van der Waals surface area contributed by atoms with Crippen molar-refractivity contribution < 1.29 is 56.2 Å². The lowest BCUT2D eigenvalue weighted by Gasteiger charge is -2.24. The molecule has 37 N–H and O–H groups in total. The van der Waals surface area contributed by atoms with E-state index in [1.54, 1.807) is 41.5 Å². The van der Waals surface area contributed by atoms with Crippen LogP contribution in [0.1, 0.15) is 102 Å². The van der Waals surface area contributed by atoms with Crippen LogP contribution in [-0.2, 0) is 0 Å². The van der Waals surface area contributed by atoms with Crippen molar-refractivity contribution in [2.24, 2.45) is 92.8 Å². The summed E-state index contributed by atoms with van der Waals surface area (Å²) >= 11 is 0. The fourth-order valence-corrected chi connectivity index (χ4v) is 5.39. The molecule has 450 valence electrons. The summed E-state index contributed by atoms with van der Waals surface area (Å²) in [5.41, 5.74) is 55.1. The number of rotatable bonds is 30. The van der Waals surface area contributed by atoms with Crippen LogP contribution < -0.4 is 57.3 Å². The van der Waals surface area contributed by atoms with Gasteiger partial charge in [-0.2, -0.15) is 0 Å². The second-order valence-electron chi connectivity index (χ2n) is 20.1. The van der Waals surface area contributed by atoms with Crippen molar-refractivity contribution in [3.05, 3.63) is 0 Å². The summed E-state index contributed by atoms with van der Waals surface area (Å²) in [6, 6.07) is -3.69. The molecule has 0 aliphatic heterocycles. The summed E-state index contributed by atoms with van der Waals surface area (Å²) in [5.74, 6) is -0.175. The van der Waals surface area contributed by atoms with E-state index in [0.29, 0.717) is 38.1 Å². The van der Waals surface area contributed by atoms with Gasteiger partial charge in [0.1, 0.15) is 36.6 Å². The van der Waals surface area contributed by atoms with E-state index in [0.717, 1.165) is 0 Å². The Hall–Kier alpha value is -2.82. The standard InChI is InChI=1S/2C8H19N3O2.2C8H19N3O.C8H18N2O3.C8H18N2O2/c1-4(2)6(10)8(13)7(11)5(12)3-9;1-4(2)6(11)8(13)7(12)5(10)3-9;1-5(2)8(11)7(12)3-6(10)4-9;1-5(2)7(11)8(12)6(10)3-4-9;1-4(2)6(9)8(13)7(10)5(12)3-11;1-5(2)7(10)8(12)6(9)3-4-11/h4-5,7-8,10,12-13H,3,9,11H2,1-2H3;4-5,7-8,11-13H,3,9-10H2,1-2H3;5-7,11-12H,3-4,9-10H2,1-2H3;5-6,8,11-12H,3-4,9-10H2,1-2H3;4-5,7-9,11-13H,3,10H2,1-2H3;5-6,8,10-12H,3-4,9H2,1-2H3/t2*5?,7?,8-;6?,7-;6?,8-;5?,7?,8-;6?,8-/m110010/s1. The third-order valence-corrected chi connectivity index (χ3v) is 11.4. The number of aliphatic hydroxyl groups is 11. The Balaban J connectivity index is -0.000000191. The Morgan fingerprint density at radius 1 is 0.373 bits per heavy atom. The summed E-state index contributed by atoms with van der Waals surface area (Å²) in [7, 11) is 0. The number of nitrogens with two attached hydrogens (primary N) is 10. The van der Waals surface area contributed by atoms with Gasteiger partial charge in [-0.3, -0.25) is 0 Å². The van der Waals surface area contributed by atoms with Gasteiger partial charge in [-0.15, -0.1) is 0 Å². The molecule has 0 aromatic heterocycles. The maximum atomic E-state index is 9.49. The average molecular weight is 1090 g/mol.